The average Bonchev–Trinajstić information content (AvgIpc) is 4.15. The van der Waals surface area contributed by atoms with Crippen molar-refractivity contribution in [3.8, 4) is 100 Å². The maximum Gasteiger partial charge on any atom is -0.000718 e. The molecule has 0 fully saturated rings. The largest absolute Gasteiger partial charge is 0.0616 e. The zero-order valence-electron chi connectivity index (χ0n) is 43.6. The second-order valence-corrected chi connectivity index (χ2v) is 22.0. The van der Waals surface area contributed by atoms with Crippen molar-refractivity contribution in [2.24, 2.45) is 0 Å². The molecule has 366 valence electrons. The van der Waals surface area contributed by atoms with E-state index in [0.717, 1.165) is 0 Å². The molecule has 0 amide bonds. The van der Waals surface area contributed by atoms with Crippen molar-refractivity contribution >= 4 is 86.2 Å². The Labute approximate surface area is 462 Å². The summed E-state index contributed by atoms with van der Waals surface area (Å²) in [6.45, 7) is 0. The van der Waals surface area contributed by atoms with Crippen LogP contribution in [0.15, 0.2) is 279 Å². The quantitative estimate of drug-likeness (QED) is 0.161. The van der Waals surface area contributed by atoms with Crippen LogP contribution in [0.4, 0.5) is 0 Å². The monoisotopic (exact) mass is 1010 g/mol. The fourth-order valence-corrected chi connectivity index (χ4v) is 15.0. The van der Waals surface area contributed by atoms with Crippen LogP contribution in [0.1, 0.15) is 0 Å². The van der Waals surface area contributed by atoms with Gasteiger partial charge < -0.3 is 0 Å². The summed E-state index contributed by atoms with van der Waals surface area (Å²) in [6.07, 6.45) is 0. The van der Waals surface area contributed by atoms with Crippen LogP contribution in [0.25, 0.3) is 186 Å². The first-order chi connectivity index (χ1) is 39.8. The maximum atomic E-state index is 2.46. The van der Waals surface area contributed by atoms with E-state index in [0.29, 0.717) is 0 Å². The highest BCUT2D eigenvalue weighted by molar-refractivity contribution is 6.34. The number of hydrogen-bond donors (Lipinski definition) is 0. The lowest BCUT2D eigenvalue weighted by atomic mass is 9.81. The van der Waals surface area contributed by atoms with Crippen LogP contribution in [0.5, 0.6) is 0 Å². The van der Waals surface area contributed by atoms with Gasteiger partial charge in [0.15, 0.2) is 0 Å². The van der Waals surface area contributed by atoms with Gasteiger partial charge in [-0.2, -0.15) is 0 Å². The van der Waals surface area contributed by atoms with Gasteiger partial charge >= 0.3 is 0 Å². The second-order valence-electron chi connectivity index (χ2n) is 22.0. The molecule has 0 heterocycles. The average molecular weight is 1010 g/mol. The Hall–Kier alpha value is -10.4. The third-order valence-corrected chi connectivity index (χ3v) is 18.1. The highest BCUT2D eigenvalue weighted by Crippen LogP contribution is 2.62. The third-order valence-electron chi connectivity index (χ3n) is 18.1. The van der Waals surface area contributed by atoms with Gasteiger partial charge in [-0.05, 0) is 186 Å². The van der Waals surface area contributed by atoms with Crippen LogP contribution in [0.3, 0.4) is 0 Å². The van der Waals surface area contributed by atoms with Gasteiger partial charge in [0.05, 0.1) is 0 Å². The van der Waals surface area contributed by atoms with Gasteiger partial charge in [-0.25, -0.2) is 0 Å². The Balaban J connectivity index is 0.941. The molecule has 0 heteroatoms. The Kier molecular flexibility index (Phi) is 9.04. The fourth-order valence-electron chi connectivity index (χ4n) is 15.0. The highest BCUT2D eigenvalue weighted by atomic mass is 14.4. The molecule has 0 spiro atoms. The van der Waals surface area contributed by atoms with Crippen LogP contribution in [0, 0.1) is 0 Å². The number of benzene rings is 16. The van der Waals surface area contributed by atoms with Gasteiger partial charge in [0.2, 0.25) is 0 Å². The van der Waals surface area contributed by atoms with Crippen molar-refractivity contribution in [2.45, 2.75) is 0 Å². The van der Waals surface area contributed by atoms with Gasteiger partial charge in [-0.3, -0.25) is 0 Å². The van der Waals surface area contributed by atoms with Crippen LogP contribution < -0.4 is 0 Å². The van der Waals surface area contributed by atoms with Crippen LogP contribution >= 0.6 is 0 Å². The van der Waals surface area contributed by atoms with E-state index in [1.165, 1.54) is 186 Å². The summed E-state index contributed by atoms with van der Waals surface area (Å²) in [5.41, 5.74) is 23.1. The van der Waals surface area contributed by atoms with Crippen molar-refractivity contribution in [3.05, 3.63) is 279 Å². The number of fused-ring (bicyclic) bond motifs is 12. The molecule has 16 aromatic carbocycles. The molecule has 18 rings (SSSR count). The molecule has 0 unspecified atom stereocenters. The van der Waals surface area contributed by atoms with Crippen molar-refractivity contribution < 1.29 is 0 Å². The molecule has 0 atom stereocenters. The van der Waals surface area contributed by atoms with E-state index in [1.54, 1.807) is 0 Å². The summed E-state index contributed by atoms with van der Waals surface area (Å²) in [5, 5.41) is 20.2. The fraction of sp³-hybridized carbons (Fsp3) is 0. The molecule has 0 aromatic heterocycles. The third kappa shape index (κ3) is 5.89. The molecular weight excluding hydrogens is 961 g/mol. The highest BCUT2D eigenvalue weighted by Gasteiger charge is 2.35. The molecule has 2 aliphatic carbocycles. The maximum absolute atomic E-state index is 2.46. The van der Waals surface area contributed by atoms with Crippen LogP contribution in [-0.2, 0) is 0 Å². The van der Waals surface area contributed by atoms with E-state index in [2.05, 4.69) is 279 Å². The molecule has 16 aromatic rings. The molecule has 0 saturated carbocycles. The minimum absolute atomic E-state index is 1.24. The summed E-state index contributed by atoms with van der Waals surface area (Å²) in [7, 11) is 0. The van der Waals surface area contributed by atoms with Crippen molar-refractivity contribution in [1.82, 2.24) is 0 Å². The zero-order valence-corrected chi connectivity index (χ0v) is 43.6. The summed E-state index contributed by atoms with van der Waals surface area (Å²) < 4.78 is 0. The first-order valence-electron chi connectivity index (χ1n) is 28.0. The van der Waals surface area contributed by atoms with E-state index in [4.69, 9.17) is 0 Å². The second kappa shape index (κ2) is 16.6. The Morgan fingerprint density at radius 3 is 0.613 bits per heavy atom. The minimum atomic E-state index is 1.24. The first-order valence-corrected chi connectivity index (χ1v) is 28.0. The van der Waals surface area contributed by atoms with E-state index < -0.39 is 0 Å². The van der Waals surface area contributed by atoms with E-state index in [1.807, 2.05) is 0 Å². The summed E-state index contributed by atoms with van der Waals surface area (Å²) in [5.74, 6) is 0. The molecule has 0 N–H and O–H groups in total. The van der Waals surface area contributed by atoms with E-state index >= 15 is 0 Å². The normalized spacial score (nSPS) is 12.2. The van der Waals surface area contributed by atoms with Crippen molar-refractivity contribution in [2.75, 3.05) is 0 Å². The lowest BCUT2D eigenvalue weighted by molar-refractivity contribution is 1.65. The number of hydrogen-bond acceptors (Lipinski definition) is 0. The lowest BCUT2D eigenvalue weighted by Gasteiger charge is -2.22. The molecule has 0 saturated heterocycles. The van der Waals surface area contributed by atoms with Crippen molar-refractivity contribution in [3.63, 3.8) is 0 Å². The molecule has 0 bridgehead atoms. The molecule has 0 radical (unpaired) electrons. The van der Waals surface area contributed by atoms with Gasteiger partial charge in [0.25, 0.3) is 0 Å². The Morgan fingerprint density at radius 1 is 0.113 bits per heavy atom. The van der Waals surface area contributed by atoms with E-state index in [-0.39, 0.29) is 0 Å². The Morgan fingerprint density at radius 2 is 0.312 bits per heavy atom. The van der Waals surface area contributed by atoms with Gasteiger partial charge in [-0.15, -0.1) is 0 Å². The Bertz CT molecular complexity index is 4790. The summed E-state index contributed by atoms with van der Waals surface area (Å²) in [6, 6.07) is 105. The lowest BCUT2D eigenvalue weighted by Crippen LogP contribution is -1.95. The molecule has 80 heavy (non-hydrogen) atoms. The van der Waals surface area contributed by atoms with Gasteiger partial charge in [-0.1, -0.05) is 279 Å². The molecule has 0 nitrogen and oxygen atoms in total. The predicted molar refractivity (Wildman–Crippen MR) is 343 cm³/mol. The standard InChI is InChI=1S/C80H46/c1-5-27-51-47(19-1)23-13-35-57(51)73-63-31-9-11-33-65(63)75(59-37-15-25-49-21-3-7-29-53(49)59)79-69-45-43-55(61-39-17-41-67(71(61)69)77(73)79)56-44-46-70-72-62(56)40-18-42-68(72)78-74(58-36-14-24-48-20-2-6-28-52(48)58)64-32-10-12-34-66(64)76(80(70)78)60-38-16-26-50-22-4-8-30-54(50)60/h1-46H. The van der Waals surface area contributed by atoms with Gasteiger partial charge in [0.1, 0.15) is 0 Å². The van der Waals surface area contributed by atoms with Crippen LogP contribution in [0.2, 0.25) is 0 Å². The van der Waals surface area contributed by atoms with E-state index in [9.17, 15) is 0 Å². The smallest absolute Gasteiger partial charge is 0.000718 e. The van der Waals surface area contributed by atoms with Crippen LogP contribution in [-0.4, -0.2) is 0 Å². The predicted octanol–water partition coefficient (Wildman–Crippen LogP) is 22.5. The first kappa shape index (κ1) is 43.7. The minimum Gasteiger partial charge on any atom is -0.0616 e. The molecule has 2 aliphatic rings. The summed E-state index contributed by atoms with van der Waals surface area (Å²) >= 11 is 0. The van der Waals surface area contributed by atoms with Gasteiger partial charge in [0, 0.05) is 0 Å². The zero-order chi connectivity index (χ0) is 52.2. The topological polar surface area (TPSA) is 0 Å². The number of rotatable bonds is 5. The van der Waals surface area contributed by atoms with Crippen molar-refractivity contribution in [1.29, 1.82) is 0 Å². The SMILES string of the molecule is c1ccc2c(-c3c4c(c(-c5cccc6ccccc56)c5ccccc35)-c3ccc(-c5ccc6c7c(cccc57)-c5c-6c(-c6cccc7ccccc67)c6ccccc6c5-c5cccc6ccccc56)c5cccc-4c35)cccc2c1. The molecule has 0 aliphatic heterocycles. The summed E-state index contributed by atoms with van der Waals surface area (Å²) in [4.78, 5) is 0. The molecular formula is C80H46.